The largest absolute Gasteiger partial charge is 0.378 e. The number of hydrogen-bond acceptors (Lipinski definition) is 5. The van der Waals surface area contributed by atoms with Gasteiger partial charge < -0.3 is 14.7 Å². The molecule has 0 aliphatic carbocycles. The Hall–Kier alpha value is -2.08. The summed E-state index contributed by atoms with van der Waals surface area (Å²) >= 11 is 1.74. The van der Waals surface area contributed by atoms with Crippen LogP contribution >= 0.6 is 11.3 Å². The minimum Gasteiger partial charge on any atom is -0.378 e. The first-order chi connectivity index (χ1) is 11.5. The maximum atomic E-state index is 12.7. The molecule has 0 unspecified atom stereocenters. The first kappa shape index (κ1) is 16.8. The molecule has 24 heavy (non-hydrogen) atoms. The monoisotopic (exact) mass is 344 g/mol. The van der Waals surface area contributed by atoms with E-state index < -0.39 is 0 Å². The lowest BCUT2D eigenvalue weighted by Gasteiger charge is -2.34. The predicted molar refractivity (Wildman–Crippen MR) is 100 cm³/mol. The minimum absolute atomic E-state index is 0.117. The van der Waals surface area contributed by atoms with Crippen LogP contribution in [0.4, 0.5) is 10.8 Å². The average Bonchev–Trinajstić information content (AvgIpc) is 2.93. The van der Waals surface area contributed by atoms with Gasteiger partial charge in [-0.1, -0.05) is 0 Å². The Balaban J connectivity index is 1.62. The van der Waals surface area contributed by atoms with Crippen molar-refractivity contribution in [3.8, 4) is 0 Å². The van der Waals surface area contributed by atoms with Crippen LogP contribution in [0.2, 0.25) is 0 Å². The highest BCUT2D eigenvalue weighted by molar-refractivity contribution is 7.15. The molecule has 6 heteroatoms. The SMILES string of the molecule is Cc1nc(N2CCN(C(=O)c3ccc(N(C)C)cc3)CC2)sc1C. The van der Waals surface area contributed by atoms with Crippen LogP contribution in [0.1, 0.15) is 20.9 Å². The fourth-order valence-corrected chi connectivity index (χ4v) is 3.74. The normalized spacial score (nSPS) is 14.8. The highest BCUT2D eigenvalue weighted by atomic mass is 32.1. The number of aromatic nitrogens is 1. The summed E-state index contributed by atoms with van der Waals surface area (Å²) in [5.41, 5.74) is 2.97. The van der Waals surface area contributed by atoms with Crippen LogP contribution in [-0.2, 0) is 0 Å². The summed E-state index contributed by atoms with van der Waals surface area (Å²) in [6, 6.07) is 7.81. The molecule has 1 aliphatic rings. The molecule has 3 rings (SSSR count). The van der Waals surface area contributed by atoms with Gasteiger partial charge in [-0.05, 0) is 38.1 Å². The molecule has 1 saturated heterocycles. The number of piperazine rings is 1. The zero-order valence-corrected chi connectivity index (χ0v) is 15.6. The Morgan fingerprint density at radius 3 is 2.21 bits per heavy atom. The van der Waals surface area contributed by atoms with Gasteiger partial charge in [-0.3, -0.25) is 4.79 Å². The zero-order valence-electron chi connectivity index (χ0n) is 14.7. The Bertz CT molecular complexity index is 696. The number of carbonyl (C=O) groups excluding carboxylic acids is 1. The number of rotatable bonds is 3. The van der Waals surface area contributed by atoms with Gasteiger partial charge in [-0.15, -0.1) is 11.3 Å². The number of aryl methyl sites for hydroxylation is 2. The van der Waals surface area contributed by atoms with Gasteiger partial charge in [0.2, 0.25) is 0 Å². The van der Waals surface area contributed by atoms with Crippen LogP contribution < -0.4 is 9.80 Å². The van der Waals surface area contributed by atoms with Crippen molar-refractivity contribution in [3.63, 3.8) is 0 Å². The maximum Gasteiger partial charge on any atom is 0.253 e. The topological polar surface area (TPSA) is 39.7 Å². The van der Waals surface area contributed by atoms with E-state index in [0.717, 1.165) is 48.3 Å². The number of thiazole rings is 1. The molecule has 5 nitrogen and oxygen atoms in total. The van der Waals surface area contributed by atoms with E-state index in [1.165, 1.54) is 4.88 Å². The Morgan fingerprint density at radius 2 is 1.71 bits per heavy atom. The van der Waals surface area contributed by atoms with Gasteiger partial charge in [0.15, 0.2) is 5.13 Å². The highest BCUT2D eigenvalue weighted by Crippen LogP contribution is 2.26. The number of carbonyl (C=O) groups is 1. The number of benzene rings is 1. The molecule has 0 spiro atoms. The van der Waals surface area contributed by atoms with E-state index in [0.29, 0.717) is 0 Å². The summed E-state index contributed by atoms with van der Waals surface area (Å²) in [5.74, 6) is 0.117. The summed E-state index contributed by atoms with van der Waals surface area (Å²) in [6.07, 6.45) is 0. The zero-order chi connectivity index (χ0) is 17.3. The first-order valence-electron chi connectivity index (χ1n) is 8.21. The van der Waals surface area contributed by atoms with Crippen molar-refractivity contribution < 1.29 is 4.79 Å². The molecule has 1 fully saturated rings. The van der Waals surface area contributed by atoms with Crippen molar-refractivity contribution in [1.29, 1.82) is 0 Å². The van der Waals surface area contributed by atoms with E-state index in [1.54, 1.807) is 11.3 Å². The highest BCUT2D eigenvalue weighted by Gasteiger charge is 2.24. The summed E-state index contributed by atoms with van der Waals surface area (Å²) in [4.78, 5) is 24.8. The number of hydrogen-bond donors (Lipinski definition) is 0. The molecular formula is C18H24N4OS. The maximum absolute atomic E-state index is 12.7. The number of nitrogens with zero attached hydrogens (tertiary/aromatic N) is 4. The molecule has 0 atom stereocenters. The fourth-order valence-electron chi connectivity index (χ4n) is 2.78. The van der Waals surface area contributed by atoms with Gasteiger partial charge >= 0.3 is 0 Å². The van der Waals surface area contributed by atoms with Gasteiger partial charge in [0, 0.05) is 56.4 Å². The Labute approximate surface area is 147 Å². The standard InChI is InChI=1S/C18H24N4OS/c1-13-14(2)24-18(19-13)22-11-9-21(10-12-22)17(23)15-5-7-16(8-6-15)20(3)4/h5-8H,9-12H2,1-4H3. The lowest BCUT2D eigenvalue weighted by atomic mass is 10.1. The van der Waals surface area contributed by atoms with Crippen molar-refractivity contribution in [1.82, 2.24) is 9.88 Å². The third-order valence-corrected chi connectivity index (χ3v) is 5.62. The Morgan fingerprint density at radius 1 is 1.08 bits per heavy atom. The van der Waals surface area contributed by atoms with Gasteiger partial charge in [-0.25, -0.2) is 4.98 Å². The van der Waals surface area contributed by atoms with E-state index >= 15 is 0 Å². The van der Waals surface area contributed by atoms with E-state index in [-0.39, 0.29) is 5.91 Å². The van der Waals surface area contributed by atoms with Gasteiger partial charge in [-0.2, -0.15) is 0 Å². The molecule has 0 radical (unpaired) electrons. The molecule has 1 amide bonds. The third kappa shape index (κ3) is 3.38. The molecular weight excluding hydrogens is 320 g/mol. The first-order valence-corrected chi connectivity index (χ1v) is 9.03. The molecule has 0 saturated carbocycles. The van der Waals surface area contributed by atoms with Gasteiger partial charge in [0.05, 0.1) is 5.69 Å². The quantitative estimate of drug-likeness (QED) is 0.858. The molecule has 1 aromatic carbocycles. The van der Waals surface area contributed by atoms with Crippen molar-refractivity contribution in [2.24, 2.45) is 0 Å². The van der Waals surface area contributed by atoms with Crippen LogP contribution in [0, 0.1) is 13.8 Å². The second-order valence-electron chi connectivity index (χ2n) is 6.36. The van der Waals surface area contributed by atoms with Gasteiger partial charge in [0.1, 0.15) is 0 Å². The molecule has 1 aromatic heterocycles. The summed E-state index contributed by atoms with van der Waals surface area (Å²) < 4.78 is 0. The third-order valence-electron chi connectivity index (χ3n) is 4.49. The lowest BCUT2D eigenvalue weighted by molar-refractivity contribution is 0.0747. The Kier molecular flexibility index (Phi) is 4.76. The predicted octanol–water partition coefficient (Wildman–Crippen LogP) is 2.79. The number of amides is 1. The van der Waals surface area contributed by atoms with E-state index in [4.69, 9.17) is 0 Å². The minimum atomic E-state index is 0.117. The smallest absolute Gasteiger partial charge is 0.253 e. The van der Waals surface area contributed by atoms with Crippen LogP contribution in [-0.4, -0.2) is 56.1 Å². The lowest BCUT2D eigenvalue weighted by Crippen LogP contribution is -2.48. The molecule has 0 bridgehead atoms. The second-order valence-corrected chi connectivity index (χ2v) is 7.54. The van der Waals surface area contributed by atoms with E-state index in [1.807, 2.05) is 55.1 Å². The molecule has 1 aliphatic heterocycles. The van der Waals surface area contributed by atoms with Crippen LogP contribution in [0.15, 0.2) is 24.3 Å². The van der Waals surface area contributed by atoms with Crippen molar-refractivity contribution in [2.45, 2.75) is 13.8 Å². The molecule has 2 heterocycles. The van der Waals surface area contributed by atoms with Crippen molar-refractivity contribution in [2.75, 3.05) is 50.1 Å². The van der Waals surface area contributed by atoms with Crippen molar-refractivity contribution in [3.05, 3.63) is 40.4 Å². The molecule has 0 N–H and O–H groups in total. The van der Waals surface area contributed by atoms with Crippen LogP contribution in [0.25, 0.3) is 0 Å². The van der Waals surface area contributed by atoms with E-state index in [2.05, 4.69) is 16.8 Å². The summed E-state index contributed by atoms with van der Waals surface area (Å²) in [5, 5.41) is 1.08. The van der Waals surface area contributed by atoms with Crippen molar-refractivity contribution >= 4 is 28.1 Å². The molecule has 128 valence electrons. The average molecular weight is 344 g/mol. The molecule has 2 aromatic rings. The second kappa shape index (κ2) is 6.81. The van der Waals surface area contributed by atoms with E-state index in [9.17, 15) is 4.79 Å². The van der Waals surface area contributed by atoms with Crippen LogP contribution in [0.5, 0.6) is 0 Å². The number of anilines is 2. The fraction of sp³-hybridized carbons (Fsp3) is 0.444. The summed E-state index contributed by atoms with van der Waals surface area (Å²) in [6.45, 7) is 7.32. The summed E-state index contributed by atoms with van der Waals surface area (Å²) in [7, 11) is 4.00. The van der Waals surface area contributed by atoms with Crippen LogP contribution in [0.3, 0.4) is 0 Å². The van der Waals surface area contributed by atoms with Gasteiger partial charge in [0.25, 0.3) is 5.91 Å².